The zero-order valence-corrected chi connectivity index (χ0v) is 9.56. The standard InChI is InChI=1S/C11H25B/c1-9(2)11(4)8-10(3)6-7-12-5/h9-12H,6-8H2,1-5H3. The molecule has 0 aromatic rings. The average molecular weight is 168 g/mol. The lowest BCUT2D eigenvalue weighted by Gasteiger charge is -2.19. The summed E-state index contributed by atoms with van der Waals surface area (Å²) in [5, 5.41) is 0. The van der Waals surface area contributed by atoms with E-state index in [-0.39, 0.29) is 0 Å². The smallest absolute Gasteiger partial charge is 0.0893 e. The Bertz CT molecular complexity index is 99.2. The molecule has 1 heteroatoms. The van der Waals surface area contributed by atoms with Crippen LogP contribution >= 0.6 is 0 Å². The van der Waals surface area contributed by atoms with Crippen molar-refractivity contribution >= 4 is 7.28 Å². The Morgan fingerprint density at radius 2 is 1.67 bits per heavy atom. The van der Waals surface area contributed by atoms with Gasteiger partial charge in [0, 0.05) is 0 Å². The summed E-state index contributed by atoms with van der Waals surface area (Å²) in [7, 11) is 1.35. The normalized spacial score (nSPS) is 16.2. The van der Waals surface area contributed by atoms with Crippen LogP contribution in [0.3, 0.4) is 0 Å². The van der Waals surface area contributed by atoms with Crippen LogP contribution in [0.25, 0.3) is 0 Å². The van der Waals surface area contributed by atoms with Crippen molar-refractivity contribution in [3.05, 3.63) is 0 Å². The maximum atomic E-state index is 2.40. The molecule has 12 heavy (non-hydrogen) atoms. The molecule has 0 aliphatic heterocycles. The van der Waals surface area contributed by atoms with E-state index in [1.54, 1.807) is 0 Å². The van der Waals surface area contributed by atoms with Crippen molar-refractivity contribution < 1.29 is 0 Å². The van der Waals surface area contributed by atoms with Gasteiger partial charge in [-0.1, -0.05) is 47.3 Å². The van der Waals surface area contributed by atoms with E-state index in [0.717, 1.165) is 17.8 Å². The SMILES string of the molecule is CBCCC(C)CC(C)C(C)C. The fraction of sp³-hybridized carbons (Fsp3) is 1.00. The molecule has 0 aromatic heterocycles. The van der Waals surface area contributed by atoms with E-state index in [9.17, 15) is 0 Å². The van der Waals surface area contributed by atoms with Crippen molar-refractivity contribution in [3.8, 4) is 0 Å². The maximum Gasteiger partial charge on any atom is 0.117 e. The molecule has 0 radical (unpaired) electrons. The van der Waals surface area contributed by atoms with Crippen LogP contribution in [0.15, 0.2) is 0 Å². The molecule has 0 saturated carbocycles. The van der Waals surface area contributed by atoms with E-state index in [4.69, 9.17) is 0 Å². The molecule has 0 aromatic carbocycles. The summed E-state index contributed by atoms with van der Waals surface area (Å²) in [5.41, 5.74) is 0. The summed E-state index contributed by atoms with van der Waals surface area (Å²) >= 11 is 0. The van der Waals surface area contributed by atoms with E-state index in [1.165, 1.54) is 26.4 Å². The van der Waals surface area contributed by atoms with E-state index in [2.05, 4.69) is 34.5 Å². The fourth-order valence-corrected chi connectivity index (χ4v) is 1.58. The highest BCUT2D eigenvalue weighted by Gasteiger charge is 2.11. The molecule has 0 fully saturated rings. The molecule has 0 rings (SSSR count). The second-order valence-corrected chi connectivity index (χ2v) is 4.70. The van der Waals surface area contributed by atoms with Crippen LogP contribution in [0, 0.1) is 17.8 Å². The second-order valence-electron chi connectivity index (χ2n) is 4.70. The predicted octanol–water partition coefficient (Wildman–Crippen LogP) is 3.60. The Labute approximate surface area is 79.4 Å². The number of hydrogen-bond acceptors (Lipinski definition) is 0. The Kier molecular flexibility index (Phi) is 6.60. The van der Waals surface area contributed by atoms with Gasteiger partial charge in [0.15, 0.2) is 0 Å². The minimum Gasteiger partial charge on any atom is -0.0893 e. The number of hydrogen-bond donors (Lipinski definition) is 0. The van der Waals surface area contributed by atoms with Crippen molar-refractivity contribution in [2.75, 3.05) is 0 Å². The summed E-state index contributed by atoms with van der Waals surface area (Å²) in [6.07, 6.45) is 4.25. The summed E-state index contributed by atoms with van der Waals surface area (Å²) in [5.74, 6) is 2.69. The third-order valence-corrected chi connectivity index (χ3v) is 2.96. The van der Waals surface area contributed by atoms with Gasteiger partial charge in [0.05, 0.1) is 0 Å². The lowest BCUT2D eigenvalue weighted by atomic mass is 9.73. The van der Waals surface area contributed by atoms with Gasteiger partial charge in [-0.15, -0.1) is 0 Å². The maximum absolute atomic E-state index is 2.40. The van der Waals surface area contributed by atoms with Crippen LogP contribution in [-0.4, -0.2) is 7.28 Å². The molecule has 2 atom stereocenters. The topological polar surface area (TPSA) is 0 Å². The second kappa shape index (κ2) is 6.57. The van der Waals surface area contributed by atoms with Gasteiger partial charge in [-0.2, -0.15) is 0 Å². The third kappa shape index (κ3) is 5.68. The zero-order chi connectivity index (χ0) is 9.56. The van der Waals surface area contributed by atoms with Crippen LogP contribution in [0.4, 0.5) is 0 Å². The minimum absolute atomic E-state index is 0.856. The molecule has 0 saturated heterocycles. The van der Waals surface area contributed by atoms with Crippen LogP contribution in [0.5, 0.6) is 0 Å². The highest BCUT2D eigenvalue weighted by molar-refractivity contribution is 6.33. The molecule has 0 bridgehead atoms. The van der Waals surface area contributed by atoms with Crippen molar-refractivity contribution in [1.29, 1.82) is 0 Å². The van der Waals surface area contributed by atoms with Crippen LogP contribution < -0.4 is 0 Å². The molecule has 0 amide bonds. The molecule has 0 heterocycles. The first-order valence-corrected chi connectivity index (χ1v) is 5.57. The zero-order valence-electron chi connectivity index (χ0n) is 9.56. The summed E-state index contributed by atoms with van der Waals surface area (Å²) in [4.78, 5) is 0. The molecule has 0 N–H and O–H groups in total. The molecular weight excluding hydrogens is 143 g/mol. The minimum atomic E-state index is 0.856. The van der Waals surface area contributed by atoms with Gasteiger partial charge in [0.25, 0.3) is 0 Å². The first-order chi connectivity index (χ1) is 5.57. The van der Waals surface area contributed by atoms with E-state index < -0.39 is 0 Å². The van der Waals surface area contributed by atoms with E-state index in [1.807, 2.05) is 0 Å². The molecule has 0 aliphatic carbocycles. The Morgan fingerprint density at radius 1 is 1.08 bits per heavy atom. The van der Waals surface area contributed by atoms with Crippen LogP contribution in [-0.2, 0) is 0 Å². The van der Waals surface area contributed by atoms with Crippen LogP contribution in [0.2, 0.25) is 13.1 Å². The fourth-order valence-electron chi connectivity index (χ4n) is 1.58. The van der Waals surface area contributed by atoms with Gasteiger partial charge < -0.3 is 0 Å². The molecule has 0 nitrogen and oxygen atoms in total. The van der Waals surface area contributed by atoms with Gasteiger partial charge in [0.1, 0.15) is 7.28 Å². The van der Waals surface area contributed by atoms with E-state index >= 15 is 0 Å². The van der Waals surface area contributed by atoms with Gasteiger partial charge in [-0.3, -0.25) is 0 Å². The quantitative estimate of drug-likeness (QED) is 0.531. The van der Waals surface area contributed by atoms with Gasteiger partial charge >= 0.3 is 0 Å². The molecule has 0 aliphatic rings. The lowest BCUT2D eigenvalue weighted by molar-refractivity contribution is 0.327. The average Bonchev–Trinajstić information content (AvgIpc) is 2.00. The summed E-state index contributed by atoms with van der Waals surface area (Å²) in [6, 6.07) is 0. The highest BCUT2D eigenvalue weighted by Crippen LogP contribution is 2.22. The van der Waals surface area contributed by atoms with Crippen LogP contribution in [0.1, 0.15) is 40.5 Å². The largest absolute Gasteiger partial charge is 0.117 e. The van der Waals surface area contributed by atoms with Gasteiger partial charge in [-0.05, 0) is 24.2 Å². The third-order valence-electron chi connectivity index (χ3n) is 2.96. The molecule has 72 valence electrons. The number of rotatable bonds is 6. The Balaban J connectivity index is 3.47. The summed E-state index contributed by atoms with van der Waals surface area (Å²) < 4.78 is 0. The van der Waals surface area contributed by atoms with Crippen molar-refractivity contribution in [3.63, 3.8) is 0 Å². The van der Waals surface area contributed by atoms with Gasteiger partial charge in [-0.25, -0.2) is 0 Å². The summed E-state index contributed by atoms with van der Waals surface area (Å²) in [6.45, 7) is 11.7. The lowest BCUT2D eigenvalue weighted by Crippen LogP contribution is -2.09. The monoisotopic (exact) mass is 168 g/mol. The first kappa shape index (κ1) is 12.1. The highest BCUT2D eigenvalue weighted by atomic mass is 14.2. The first-order valence-electron chi connectivity index (χ1n) is 5.57. The Hall–Kier alpha value is 0.0649. The van der Waals surface area contributed by atoms with Crippen molar-refractivity contribution in [2.45, 2.75) is 53.7 Å². The van der Waals surface area contributed by atoms with Crippen molar-refractivity contribution in [1.82, 2.24) is 0 Å². The molecule has 0 spiro atoms. The van der Waals surface area contributed by atoms with E-state index in [0.29, 0.717) is 0 Å². The van der Waals surface area contributed by atoms with Gasteiger partial charge in [0.2, 0.25) is 0 Å². The predicted molar refractivity (Wildman–Crippen MR) is 60.2 cm³/mol. The van der Waals surface area contributed by atoms with Crippen molar-refractivity contribution in [2.24, 2.45) is 17.8 Å². The Morgan fingerprint density at radius 3 is 2.08 bits per heavy atom. The molecular formula is C11H25B. The molecule has 2 unspecified atom stereocenters.